The van der Waals surface area contributed by atoms with Gasteiger partial charge < -0.3 is 11.1 Å². The summed E-state index contributed by atoms with van der Waals surface area (Å²) in [6.07, 6.45) is 1.26. The van der Waals surface area contributed by atoms with Gasteiger partial charge in [-0.15, -0.1) is 0 Å². The van der Waals surface area contributed by atoms with Gasteiger partial charge in [-0.2, -0.15) is 0 Å². The van der Waals surface area contributed by atoms with Crippen molar-refractivity contribution in [3.05, 3.63) is 77.5 Å². The Balaban J connectivity index is 1.76. The van der Waals surface area contributed by atoms with Crippen molar-refractivity contribution in [2.75, 3.05) is 5.73 Å². The molecule has 0 bridgehead atoms. The molecule has 0 spiro atoms. The lowest BCUT2D eigenvalue weighted by Crippen LogP contribution is -2.25. The molecule has 126 valence electrons. The number of benzene rings is 2. The van der Waals surface area contributed by atoms with Crippen LogP contribution in [0.3, 0.4) is 0 Å². The quantitative estimate of drug-likeness (QED) is 0.765. The molecule has 1 aromatic heterocycles. The lowest BCUT2D eigenvalue weighted by Gasteiger charge is -2.09. The number of aromatic nitrogens is 2. The van der Waals surface area contributed by atoms with Crippen LogP contribution in [0.5, 0.6) is 0 Å². The molecule has 1 heterocycles. The largest absolute Gasteiger partial charge is 0.383 e. The summed E-state index contributed by atoms with van der Waals surface area (Å²) >= 11 is 0. The molecule has 0 aliphatic rings. The third kappa shape index (κ3) is 3.77. The van der Waals surface area contributed by atoms with Gasteiger partial charge in [-0.25, -0.2) is 18.7 Å². The summed E-state index contributed by atoms with van der Waals surface area (Å²) in [5.74, 6) is -1.19. The maximum Gasteiger partial charge on any atom is 0.256 e. The zero-order chi connectivity index (χ0) is 17.8. The molecule has 0 atom stereocenters. The number of carbonyl (C=O) groups is 1. The van der Waals surface area contributed by atoms with Crippen LogP contribution in [0.25, 0.3) is 11.4 Å². The standard InChI is InChI=1S/C18H14F2N4O/c19-13-6-3-5-11(8-13)17-22-10-14(16(21)24-17)18(25)23-9-12-4-1-2-7-15(12)20/h1-8,10H,9H2,(H,23,25)(H2,21,22,24). The molecule has 0 aliphatic carbocycles. The van der Waals surface area contributed by atoms with Gasteiger partial charge in [0, 0.05) is 23.9 Å². The molecule has 7 heteroatoms. The summed E-state index contributed by atoms with van der Waals surface area (Å²) in [7, 11) is 0. The molecule has 0 radical (unpaired) electrons. The Bertz CT molecular complexity index is 930. The third-order valence-electron chi connectivity index (χ3n) is 3.54. The Morgan fingerprint density at radius 2 is 1.92 bits per heavy atom. The van der Waals surface area contributed by atoms with E-state index < -0.39 is 17.5 Å². The van der Waals surface area contributed by atoms with Crippen molar-refractivity contribution < 1.29 is 13.6 Å². The van der Waals surface area contributed by atoms with Crippen molar-refractivity contribution in [1.82, 2.24) is 15.3 Å². The molecule has 1 amide bonds. The van der Waals surface area contributed by atoms with Crippen LogP contribution in [0, 0.1) is 11.6 Å². The predicted octanol–water partition coefficient (Wildman–Crippen LogP) is 2.93. The van der Waals surface area contributed by atoms with Crippen molar-refractivity contribution in [2.24, 2.45) is 0 Å². The molecule has 25 heavy (non-hydrogen) atoms. The Morgan fingerprint density at radius 1 is 1.12 bits per heavy atom. The van der Waals surface area contributed by atoms with E-state index >= 15 is 0 Å². The highest BCUT2D eigenvalue weighted by Crippen LogP contribution is 2.18. The number of hydrogen-bond donors (Lipinski definition) is 2. The molecule has 2 aromatic carbocycles. The SMILES string of the molecule is Nc1nc(-c2cccc(F)c2)ncc1C(=O)NCc1ccccc1F. The highest BCUT2D eigenvalue weighted by molar-refractivity contribution is 5.98. The fourth-order valence-corrected chi connectivity index (χ4v) is 2.25. The van der Waals surface area contributed by atoms with E-state index in [0.717, 1.165) is 0 Å². The summed E-state index contributed by atoms with van der Waals surface area (Å²) in [6, 6.07) is 11.9. The van der Waals surface area contributed by atoms with E-state index in [1.54, 1.807) is 24.3 Å². The van der Waals surface area contributed by atoms with Gasteiger partial charge in [0.2, 0.25) is 0 Å². The minimum Gasteiger partial charge on any atom is -0.383 e. The van der Waals surface area contributed by atoms with Crippen LogP contribution in [0.1, 0.15) is 15.9 Å². The molecule has 5 nitrogen and oxygen atoms in total. The molecule has 3 N–H and O–H groups in total. The van der Waals surface area contributed by atoms with Gasteiger partial charge in [0.1, 0.15) is 17.5 Å². The first-order valence-electron chi connectivity index (χ1n) is 7.44. The lowest BCUT2D eigenvalue weighted by atomic mass is 10.2. The molecule has 0 unspecified atom stereocenters. The smallest absolute Gasteiger partial charge is 0.256 e. The van der Waals surface area contributed by atoms with Crippen LogP contribution in [0.2, 0.25) is 0 Å². The molecule has 3 rings (SSSR count). The summed E-state index contributed by atoms with van der Waals surface area (Å²) in [6.45, 7) is 0.0105. The summed E-state index contributed by atoms with van der Waals surface area (Å²) in [5, 5.41) is 2.57. The first kappa shape index (κ1) is 16.5. The van der Waals surface area contributed by atoms with Crippen LogP contribution >= 0.6 is 0 Å². The Morgan fingerprint density at radius 3 is 2.64 bits per heavy atom. The van der Waals surface area contributed by atoms with E-state index in [1.807, 2.05) is 0 Å². The van der Waals surface area contributed by atoms with Crippen molar-refractivity contribution in [3.63, 3.8) is 0 Å². The molecular formula is C18H14F2N4O. The fraction of sp³-hybridized carbons (Fsp3) is 0.0556. The Labute approximate surface area is 142 Å². The zero-order valence-corrected chi connectivity index (χ0v) is 13.0. The van der Waals surface area contributed by atoms with Gasteiger partial charge in [-0.3, -0.25) is 4.79 Å². The lowest BCUT2D eigenvalue weighted by molar-refractivity contribution is 0.0951. The molecule has 3 aromatic rings. The highest BCUT2D eigenvalue weighted by Gasteiger charge is 2.14. The first-order valence-corrected chi connectivity index (χ1v) is 7.44. The van der Waals surface area contributed by atoms with Gasteiger partial charge >= 0.3 is 0 Å². The van der Waals surface area contributed by atoms with Crippen molar-refractivity contribution in [2.45, 2.75) is 6.54 Å². The first-order chi connectivity index (χ1) is 12.0. The second-order valence-corrected chi connectivity index (χ2v) is 5.28. The third-order valence-corrected chi connectivity index (χ3v) is 3.54. The topological polar surface area (TPSA) is 80.9 Å². The van der Waals surface area contributed by atoms with E-state index in [-0.39, 0.29) is 23.8 Å². The fourth-order valence-electron chi connectivity index (χ4n) is 2.25. The molecule has 0 saturated heterocycles. The molecular weight excluding hydrogens is 326 g/mol. The van der Waals surface area contributed by atoms with E-state index in [9.17, 15) is 13.6 Å². The van der Waals surface area contributed by atoms with Gasteiger partial charge in [-0.1, -0.05) is 30.3 Å². The van der Waals surface area contributed by atoms with E-state index in [0.29, 0.717) is 11.1 Å². The van der Waals surface area contributed by atoms with Crippen molar-refractivity contribution >= 4 is 11.7 Å². The minimum atomic E-state index is -0.522. The van der Waals surface area contributed by atoms with Crippen LogP contribution in [-0.2, 0) is 6.54 Å². The second kappa shape index (κ2) is 7.04. The van der Waals surface area contributed by atoms with Gasteiger partial charge in [-0.05, 0) is 18.2 Å². The zero-order valence-electron chi connectivity index (χ0n) is 13.0. The minimum absolute atomic E-state index is 0.0105. The molecule has 0 aliphatic heterocycles. The normalized spacial score (nSPS) is 10.5. The highest BCUT2D eigenvalue weighted by atomic mass is 19.1. The van der Waals surface area contributed by atoms with Crippen LogP contribution in [0.15, 0.2) is 54.7 Å². The van der Waals surface area contributed by atoms with Crippen molar-refractivity contribution in [3.8, 4) is 11.4 Å². The number of anilines is 1. The summed E-state index contributed by atoms with van der Waals surface area (Å²) in [5.41, 5.74) is 6.69. The number of rotatable bonds is 4. The van der Waals surface area contributed by atoms with Gasteiger partial charge in [0.05, 0.1) is 5.56 Å². The Hall–Kier alpha value is -3.35. The average Bonchev–Trinajstić information content (AvgIpc) is 2.60. The number of nitrogens with one attached hydrogen (secondary N) is 1. The van der Waals surface area contributed by atoms with E-state index in [1.165, 1.54) is 30.5 Å². The number of nitrogens with two attached hydrogens (primary N) is 1. The number of halogens is 2. The number of nitrogens with zero attached hydrogens (tertiary/aromatic N) is 2. The second-order valence-electron chi connectivity index (χ2n) is 5.28. The van der Waals surface area contributed by atoms with Crippen LogP contribution in [-0.4, -0.2) is 15.9 Å². The van der Waals surface area contributed by atoms with Gasteiger partial charge in [0.15, 0.2) is 5.82 Å². The maximum absolute atomic E-state index is 13.6. The van der Waals surface area contributed by atoms with Gasteiger partial charge in [0.25, 0.3) is 5.91 Å². The summed E-state index contributed by atoms with van der Waals surface area (Å²) in [4.78, 5) is 20.3. The number of carbonyl (C=O) groups excluding carboxylic acids is 1. The van der Waals surface area contributed by atoms with Crippen LogP contribution < -0.4 is 11.1 Å². The number of hydrogen-bond acceptors (Lipinski definition) is 4. The van der Waals surface area contributed by atoms with Crippen molar-refractivity contribution in [1.29, 1.82) is 0 Å². The predicted molar refractivity (Wildman–Crippen MR) is 89.4 cm³/mol. The number of nitrogen functional groups attached to an aromatic ring is 1. The maximum atomic E-state index is 13.6. The molecule has 0 saturated carbocycles. The average molecular weight is 340 g/mol. The molecule has 0 fully saturated rings. The Kier molecular flexibility index (Phi) is 4.65. The number of amides is 1. The van der Waals surface area contributed by atoms with Crippen LogP contribution in [0.4, 0.5) is 14.6 Å². The summed E-state index contributed by atoms with van der Waals surface area (Å²) < 4.78 is 26.8. The monoisotopic (exact) mass is 340 g/mol. The van der Waals surface area contributed by atoms with E-state index in [2.05, 4.69) is 15.3 Å². The van der Waals surface area contributed by atoms with E-state index in [4.69, 9.17) is 5.73 Å².